The molecule has 0 bridgehead atoms. The molecule has 0 amide bonds. The van der Waals surface area contributed by atoms with Crippen LogP contribution in [0.5, 0.6) is 11.5 Å². The standard InChI is InChI=1S/C30H32BrNO5/c1-17-26(30(35)37-21-11-7-4-8-12-21)27(20-13-22(31)29(34)25(16-20)36-2)28-23(32-17)14-19(15-24(28)33)18-9-5-3-6-10-18/h3,5-6,9-10,13,16,19,21,27,32,34H,4,7-8,11-12,14-15H2,1-2H3/t19-,27+/m1/s1. The summed E-state index contributed by atoms with van der Waals surface area (Å²) in [7, 11) is 1.48. The molecule has 0 spiro atoms. The van der Waals surface area contributed by atoms with Crippen LogP contribution in [0.2, 0.25) is 0 Å². The summed E-state index contributed by atoms with van der Waals surface area (Å²) in [6.07, 6.45) is 5.91. The molecule has 1 fully saturated rings. The molecule has 3 aliphatic rings. The number of allylic oxidation sites excluding steroid dienone is 3. The number of carbonyl (C=O) groups excluding carboxylic acids is 2. The molecule has 2 aliphatic carbocycles. The molecular weight excluding hydrogens is 534 g/mol. The van der Waals surface area contributed by atoms with Gasteiger partial charge in [-0.25, -0.2) is 4.79 Å². The molecule has 0 unspecified atom stereocenters. The van der Waals surface area contributed by atoms with E-state index in [1.165, 1.54) is 7.11 Å². The van der Waals surface area contributed by atoms with Gasteiger partial charge < -0.3 is 19.9 Å². The van der Waals surface area contributed by atoms with E-state index in [0.717, 1.165) is 43.4 Å². The second kappa shape index (κ2) is 10.7. The lowest BCUT2D eigenvalue weighted by Crippen LogP contribution is -2.37. The van der Waals surface area contributed by atoms with Gasteiger partial charge in [0.05, 0.1) is 17.2 Å². The van der Waals surface area contributed by atoms with E-state index in [1.807, 2.05) is 25.1 Å². The topological polar surface area (TPSA) is 84.9 Å². The largest absolute Gasteiger partial charge is 0.503 e. The zero-order chi connectivity index (χ0) is 26.1. The number of carbonyl (C=O) groups is 2. The molecule has 37 heavy (non-hydrogen) atoms. The molecule has 0 aromatic heterocycles. The van der Waals surface area contributed by atoms with Gasteiger partial charge in [-0.05, 0) is 84.1 Å². The van der Waals surface area contributed by atoms with E-state index < -0.39 is 11.9 Å². The van der Waals surface area contributed by atoms with Crippen LogP contribution in [0.25, 0.3) is 0 Å². The van der Waals surface area contributed by atoms with Gasteiger partial charge >= 0.3 is 5.97 Å². The van der Waals surface area contributed by atoms with Crippen molar-refractivity contribution in [2.45, 2.75) is 69.8 Å². The Labute approximate surface area is 225 Å². The summed E-state index contributed by atoms with van der Waals surface area (Å²) in [5, 5.41) is 13.9. The number of ether oxygens (including phenoxy) is 2. The van der Waals surface area contributed by atoms with Gasteiger partial charge in [-0.3, -0.25) is 4.79 Å². The lowest BCUT2D eigenvalue weighted by molar-refractivity contribution is -0.146. The number of halogens is 1. The first kappa shape index (κ1) is 25.6. The lowest BCUT2D eigenvalue weighted by Gasteiger charge is -2.37. The molecule has 2 N–H and O–H groups in total. The van der Waals surface area contributed by atoms with Gasteiger partial charge in [-0.15, -0.1) is 0 Å². The first-order valence-corrected chi connectivity index (χ1v) is 13.7. The molecule has 1 saturated carbocycles. The van der Waals surface area contributed by atoms with Crippen LogP contribution in [0.1, 0.15) is 74.8 Å². The van der Waals surface area contributed by atoms with Gasteiger partial charge in [0.15, 0.2) is 17.3 Å². The maximum Gasteiger partial charge on any atom is 0.337 e. The number of rotatable bonds is 5. The Hall–Kier alpha value is -3.06. The third-order valence-electron chi connectivity index (χ3n) is 7.75. The zero-order valence-corrected chi connectivity index (χ0v) is 22.8. The second-order valence-electron chi connectivity index (χ2n) is 10.1. The summed E-state index contributed by atoms with van der Waals surface area (Å²) >= 11 is 3.42. The fraction of sp³-hybridized carbons (Fsp3) is 0.400. The molecule has 2 atom stereocenters. The number of aromatic hydroxyl groups is 1. The van der Waals surface area contributed by atoms with Crippen molar-refractivity contribution in [3.63, 3.8) is 0 Å². The summed E-state index contributed by atoms with van der Waals surface area (Å²) in [5.41, 5.74) is 4.37. The monoisotopic (exact) mass is 565 g/mol. The summed E-state index contributed by atoms with van der Waals surface area (Å²) in [6, 6.07) is 13.5. The zero-order valence-electron chi connectivity index (χ0n) is 21.2. The number of benzene rings is 2. The molecule has 6 nitrogen and oxygen atoms in total. The minimum absolute atomic E-state index is 0.00577. The van der Waals surface area contributed by atoms with Gasteiger partial charge in [0.25, 0.3) is 0 Å². The van der Waals surface area contributed by atoms with Crippen LogP contribution >= 0.6 is 15.9 Å². The third-order valence-corrected chi connectivity index (χ3v) is 8.35. The Morgan fingerprint density at radius 1 is 1.05 bits per heavy atom. The SMILES string of the molecule is COc1cc([C@H]2C(C(=O)OC3CCCCC3)=C(C)NC3=C2C(=O)C[C@H](c2ccccc2)C3)cc(Br)c1O. The van der Waals surface area contributed by atoms with Crippen molar-refractivity contribution >= 4 is 27.7 Å². The number of phenolic OH excluding ortho intramolecular Hbond substituents is 1. The molecule has 194 valence electrons. The number of ketones is 1. The third kappa shape index (κ3) is 5.06. The number of hydrogen-bond donors (Lipinski definition) is 2. The van der Waals surface area contributed by atoms with Crippen molar-refractivity contribution in [1.29, 1.82) is 0 Å². The molecule has 2 aromatic carbocycles. The van der Waals surface area contributed by atoms with Crippen molar-refractivity contribution in [2.24, 2.45) is 0 Å². The second-order valence-corrected chi connectivity index (χ2v) is 11.0. The Balaban J connectivity index is 1.58. The molecule has 2 aromatic rings. The number of methoxy groups -OCH3 is 1. The highest BCUT2D eigenvalue weighted by atomic mass is 79.9. The average molecular weight is 566 g/mol. The maximum absolute atomic E-state index is 13.8. The van der Waals surface area contributed by atoms with E-state index in [1.54, 1.807) is 12.1 Å². The lowest BCUT2D eigenvalue weighted by atomic mass is 9.71. The summed E-state index contributed by atoms with van der Waals surface area (Å²) < 4.78 is 11.9. The van der Waals surface area contributed by atoms with Crippen molar-refractivity contribution in [3.8, 4) is 11.5 Å². The van der Waals surface area contributed by atoms with E-state index in [2.05, 4.69) is 33.4 Å². The highest BCUT2D eigenvalue weighted by Crippen LogP contribution is 2.48. The fourth-order valence-electron chi connectivity index (χ4n) is 5.92. The van der Waals surface area contributed by atoms with Crippen LogP contribution in [0.3, 0.4) is 0 Å². The minimum atomic E-state index is -0.623. The Kier molecular flexibility index (Phi) is 7.43. The Morgan fingerprint density at radius 3 is 2.49 bits per heavy atom. The molecular formula is C30H32BrNO5. The highest BCUT2D eigenvalue weighted by Gasteiger charge is 2.42. The maximum atomic E-state index is 13.8. The fourth-order valence-corrected chi connectivity index (χ4v) is 6.38. The Bertz CT molecular complexity index is 1280. The van der Waals surface area contributed by atoms with Crippen molar-refractivity contribution in [1.82, 2.24) is 5.32 Å². The smallest absolute Gasteiger partial charge is 0.337 e. The van der Waals surface area contributed by atoms with Crippen LogP contribution in [0.15, 0.2) is 69.5 Å². The van der Waals surface area contributed by atoms with Crippen LogP contribution in [0.4, 0.5) is 0 Å². The molecule has 1 heterocycles. The van der Waals surface area contributed by atoms with Crippen LogP contribution in [-0.2, 0) is 14.3 Å². The number of dihydropyridines is 1. The van der Waals surface area contributed by atoms with Crippen LogP contribution in [-0.4, -0.2) is 30.1 Å². The van der Waals surface area contributed by atoms with Gasteiger partial charge in [-0.2, -0.15) is 0 Å². The molecule has 0 radical (unpaired) electrons. The van der Waals surface area contributed by atoms with Crippen LogP contribution in [0, 0.1) is 0 Å². The van der Waals surface area contributed by atoms with Gasteiger partial charge in [-0.1, -0.05) is 36.8 Å². The Morgan fingerprint density at radius 2 is 1.78 bits per heavy atom. The molecule has 0 saturated heterocycles. The number of Topliss-reactive ketones (excluding diaryl/α,β-unsaturated/α-hetero) is 1. The molecule has 1 aliphatic heterocycles. The van der Waals surface area contributed by atoms with E-state index in [9.17, 15) is 14.7 Å². The number of phenols is 1. The first-order chi connectivity index (χ1) is 17.9. The predicted molar refractivity (Wildman–Crippen MR) is 144 cm³/mol. The minimum Gasteiger partial charge on any atom is -0.503 e. The predicted octanol–water partition coefficient (Wildman–Crippen LogP) is 6.40. The van der Waals surface area contributed by atoms with Crippen molar-refractivity contribution < 1.29 is 24.2 Å². The quantitative estimate of drug-likeness (QED) is 0.408. The van der Waals surface area contributed by atoms with Crippen molar-refractivity contribution in [3.05, 3.63) is 80.6 Å². The number of hydrogen-bond acceptors (Lipinski definition) is 6. The normalized spacial score (nSPS) is 22.4. The average Bonchev–Trinajstić information content (AvgIpc) is 2.90. The van der Waals surface area contributed by atoms with E-state index in [0.29, 0.717) is 39.7 Å². The summed E-state index contributed by atoms with van der Waals surface area (Å²) in [6.45, 7) is 1.87. The highest BCUT2D eigenvalue weighted by molar-refractivity contribution is 9.10. The van der Waals surface area contributed by atoms with Crippen LogP contribution < -0.4 is 10.1 Å². The van der Waals surface area contributed by atoms with E-state index in [-0.39, 0.29) is 29.3 Å². The molecule has 7 heteroatoms. The van der Waals surface area contributed by atoms with Gasteiger partial charge in [0, 0.05) is 29.3 Å². The summed E-state index contributed by atoms with van der Waals surface area (Å²) in [5.74, 6) is -0.706. The number of nitrogens with one attached hydrogen (secondary N) is 1. The van der Waals surface area contributed by atoms with E-state index in [4.69, 9.17) is 9.47 Å². The summed E-state index contributed by atoms with van der Waals surface area (Å²) in [4.78, 5) is 27.5. The number of esters is 1. The first-order valence-electron chi connectivity index (χ1n) is 12.9. The van der Waals surface area contributed by atoms with Crippen molar-refractivity contribution in [2.75, 3.05) is 7.11 Å². The van der Waals surface area contributed by atoms with E-state index >= 15 is 0 Å². The molecule has 5 rings (SSSR count). The van der Waals surface area contributed by atoms with Gasteiger partial charge in [0.1, 0.15) is 6.10 Å². The van der Waals surface area contributed by atoms with Gasteiger partial charge in [0.2, 0.25) is 0 Å².